The highest BCUT2D eigenvalue weighted by atomic mass is 32.1. The zero-order valence-corrected chi connectivity index (χ0v) is 16.6. The molecule has 0 spiro atoms. The monoisotopic (exact) mass is 414 g/mol. The van der Waals surface area contributed by atoms with Crippen LogP contribution < -0.4 is 0 Å². The Balaban J connectivity index is 1.37. The van der Waals surface area contributed by atoms with Crippen LogP contribution in [0.5, 0.6) is 0 Å². The molecule has 7 nitrogen and oxygen atoms in total. The molecule has 3 aromatic rings. The van der Waals surface area contributed by atoms with E-state index >= 15 is 0 Å². The predicted octanol–water partition coefficient (Wildman–Crippen LogP) is 2.85. The van der Waals surface area contributed by atoms with E-state index in [1.807, 2.05) is 24.4 Å². The van der Waals surface area contributed by atoms with Crippen molar-refractivity contribution < 1.29 is 18.5 Å². The average Bonchev–Trinajstić information content (AvgIpc) is 3.39. The molecule has 4 rings (SSSR count). The third-order valence-electron chi connectivity index (χ3n) is 4.82. The van der Waals surface area contributed by atoms with Crippen LogP contribution in [-0.2, 0) is 11.2 Å². The summed E-state index contributed by atoms with van der Waals surface area (Å²) in [5.41, 5.74) is 0.463. The van der Waals surface area contributed by atoms with Gasteiger partial charge in [0, 0.05) is 31.2 Å². The molecule has 1 aliphatic heterocycles. The van der Waals surface area contributed by atoms with Crippen LogP contribution in [0.3, 0.4) is 0 Å². The molecule has 0 aliphatic carbocycles. The van der Waals surface area contributed by atoms with Crippen molar-refractivity contribution in [3.05, 3.63) is 58.3 Å². The first-order chi connectivity index (χ1) is 14.0. The molecule has 9 heteroatoms. The van der Waals surface area contributed by atoms with Gasteiger partial charge in [0.25, 0.3) is 11.8 Å². The summed E-state index contributed by atoms with van der Waals surface area (Å²) in [4.78, 5) is 33.6. The molecule has 1 aromatic carbocycles. The molecule has 29 heavy (non-hydrogen) atoms. The standard InChI is InChI=1S/C20H19FN4O3S/c1-13-12-24(7-8-25(13)20(27)16-6-3-9-29-16)18(26)11-17-22-19(28-23-17)14-4-2-5-15(21)10-14/h2-6,9-10,13H,7-8,11-12H2,1H3/t13-/m1/s1. The zero-order valence-electron chi connectivity index (χ0n) is 15.7. The molecule has 0 radical (unpaired) electrons. The number of hydrogen-bond acceptors (Lipinski definition) is 6. The number of piperazine rings is 1. The minimum Gasteiger partial charge on any atom is -0.338 e. The van der Waals surface area contributed by atoms with Gasteiger partial charge in [0.2, 0.25) is 5.91 Å². The smallest absolute Gasteiger partial charge is 0.264 e. The molecule has 1 atom stereocenters. The molecule has 3 heterocycles. The van der Waals surface area contributed by atoms with Crippen LogP contribution in [0, 0.1) is 5.82 Å². The van der Waals surface area contributed by atoms with Crippen LogP contribution in [0.15, 0.2) is 46.3 Å². The Hall–Kier alpha value is -3.07. The van der Waals surface area contributed by atoms with Crippen LogP contribution >= 0.6 is 11.3 Å². The fraction of sp³-hybridized carbons (Fsp3) is 0.300. The summed E-state index contributed by atoms with van der Waals surface area (Å²) in [6, 6.07) is 9.41. The maximum Gasteiger partial charge on any atom is 0.264 e. The molecule has 0 unspecified atom stereocenters. The maximum atomic E-state index is 13.3. The van der Waals surface area contributed by atoms with Gasteiger partial charge in [-0.1, -0.05) is 17.3 Å². The lowest BCUT2D eigenvalue weighted by Crippen LogP contribution is -2.55. The van der Waals surface area contributed by atoms with E-state index in [1.165, 1.54) is 23.5 Å². The van der Waals surface area contributed by atoms with Crippen molar-refractivity contribution >= 4 is 23.2 Å². The number of benzene rings is 1. The van der Waals surface area contributed by atoms with Gasteiger partial charge in [-0.05, 0) is 36.6 Å². The molecule has 2 amide bonds. The number of thiophene rings is 1. The minimum atomic E-state index is -0.401. The fourth-order valence-corrected chi connectivity index (χ4v) is 4.02. The average molecular weight is 414 g/mol. The van der Waals surface area contributed by atoms with Crippen LogP contribution in [0.25, 0.3) is 11.5 Å². The van der Waals surface area contributed by atoms with Crippen LogP contribution in [-0.4, -0.2) is 57.4 Å². The topological polar surface area (TPSA) is 79.5 Å². The van der Waals surface area contributed by atoms with E-state index in [-0.39, 0.29) is 36.0 Å². The third kappa shape index (κ3) is 4.19. The Morgan fingerprint density at radius 3 is 2.86 bits per heavy atom. The fourth-order valence-electron chi connectivity index (χ4n) is 3.34. The van der Waals surface area contributed by atoms with E-state index < -0.39 is 5.82 Å². The van der Waals surface area contributed by atoms with Gasteiger partial charge in [-0.15, -0.1) is 11.3 Å². The van der Waals surface area contributed by atoms with E-state index in [4.69, 9.17) is 4.52 Å². The van der Waals surface area contributed by atoms with Crippen LogP contribution in [0.1, 0.15) is 22.4 Å². The summed E-state index contributed by atoms with van der Waals surface area (Å²) >= 11 is 1.41. The van der Waals surface area contributed by atoms with E-state index in [0.29, 0.717) is 30.1 Å². The highest BCUT2D eigenvalue weighted by Gasteiger charge is 2.31. The number of nitrogens with zero attached hydrogens (tertiary/aromatic N) is 4. The zero-order chi connectivity index (χ0) is 20.4. The molecule has 2 aromatic heterocycles. The van der Waals surface area contributed by atoms with Gasteiger partial charge < -0.3 is 14.3 Å². The highest BCUT2D eigenvalue weighted by molar-refractivity contribution is 7.12. The Bertz CT molecular complexity index is 1020. The summed E-state index contributed by atoms with van der Waals surface area (Å²) in [5, 5.41) is 5.71. The molecule has 1 aliphatic rings. The van der Waals surface area contributed by atoms with Gasteiger partial charge >= 0.3 is 0 Å². The molecular formula is C20H19FN4O3S. The second kappa shape index (κ2) is 8.12. The Morgan fingerprint density at radius 1 is 1.28 bits per heavy atom. The normalized spacial score (nSPS) is 16.8. The predicted molar refractivity (Wildman–Crippen MR) is 105 cm³/mol. The molecule has 150 valence electrons. The molecular weight excluding hydrogens is 395 g/mol. The quantitative estimate of drug-likeness (QED) is 0.656. The number of rotatable bonds is 4. The van der Waals surface area contributed by atoms with Gasteiger partial charge in [0.05, 0.1) is 11.3 Å². The van der Waals surface area contributed by atoms with Crippen molar-refractivity contribution in [3.63, 3.8) is 0 Å². The SMILES string of the molecule is C[C@@H]1CN(C(=O)Cc2noc(-c3cccc(F)c3)n2)CCN1C(=O)c1cccs1. The van der Waals surface area contributed by atoms with Crippen molar-refractivity contribution in [2.24, 2.45) is 0 Å². The van der Waals surface area contributed by atoms with Crippen molar-refractivity contribution in [2.75, 3.05) is 19.6 Å². The summed E-state index contributed by atoms with van der Waals surface area (Å²) in [6.07, 6.45) is -0.00952. The van der Waals surface area contributed by atoms with Crippen LogP contribution in [0.4, 0.5) is 4.39 Å². The third-order valence-corrected chi connectivity index (χ3v) is 5.68. The van der Waals surface area contributed by atoms with Gasteiger partial charge in [-0.25, -0.2) is 4.39 Å². The van der Waals surface area contributed by atoms with E-state index in [0.717, 1.165) is 0 Å². The minimum absolute atomic E-state index is 0.00231. The van der Waals surface area contributed by atoms with Gasteiger partial charge in [-0.2, -0.15) is 4.98 Å². The second-order valence-corrected chi connectivity index (χ2v) is 7.82. The Morgan fingerprint density at radius 2 is 2.14 bits per heavy atom. The van der Waals surface area contributed by atoms with E-state index in [2.05, 4.69) is 10.1 Å². The van der Waals surface area contributed by atoms with Gasteiger partial charge in [0.1, 0.15) is 5.82 Å². The maximum absolute atomic E-state index is 13.3. The molecule has 1 saturated heterocycles. The number of hydrogen-bond donors (Lipinski definition) is 0. The molecule has 0 N–H and O–H groups in total. The lowest BCUT2D eigenvalue weighted by atomic mass is 10.1. The molecule has 0 bridgehead atoms. The van der Waals surface area contributed by atoms with Crippen molar-refractivity contribution in [1.82, 2.24) is 19.9 Å². The lowest BCUT2D eigenvalue weighted by Gasteiger charge is -2.39. The number of amides is 2. The summed E-state index contributed by atoms with van der Waals surface area (Å²) in [5.74, 6) is -0.113. The van der Waals surface area contributed by atoms with Gasteiger partial charge in [0.15, 0.2) is 5.82 Å². The summed E-state index contributed by atoms with van der Waals surface area (Å²) in [7, 11) is 0. The summed E-state index contributed by atoms with van der Waals surface area (Å²) < 4.78 is 18.5. The van der Waals surface area contributed by atoms with Gasteiger partial charge in [-0.3, -0.25) is 9.59 Å². The lowest BCUT2D eigenvalue weighted by molar-refractivity contribution is -0.133. The largest absolute Gasteiger partial charge is 0.338 e. The van der Waals surface area contributed by atoms with E-state index in [1.54, 1.807) is 21.9 Å². The first-order valence-corrected chi connectivity index (χ1v) is 10.1. The number of aromatic nitrogens is 2. The highest BCUT2D eigenvalue weighted by Crippen LogP contribution is 2.20. The van der Waals surface area contributed by atoms with Crippen LogP contribution in [0.2, 0.25) is 0 Å². The van der Waals surface area contributed by atoms with E-state index in [9.17, 15) is 14.0 Å². The van der Waals surface area contributed by atoms with Crippen molar-refractivity contribution in [2.45, 2.75) is 19.4 Å². The van der Waals surface area contributed by atoms with Crippen molar-refractivity contribution in [3.8, 4) is 11.5 Å². The molecule has 0 saturated carbocycles. The molecule has 1 fully saturated rings. The van der Waals surface area contributed by atoms with Crippen molar-refractivity contribution in [1.29, 1.82) is 0 Å². The summed E-state index contributed by atoms with van der Waals surface area (Å²) in [6.45, 7) is 3.31. The number of carbonyl (C=O) groups is 2. The first kappa shape index (κ1) is 19.3. The Labute approximate surface area is 170 Å². The number of halogens is 1. The second-order valence-electron chi connectivity index (χ2n) is 6.87. The Kier molecular flexibility index (Phi) is 5.39. The first-order valence-electron chi connectivity index (χ1n) is 9.22. The number of carbonyl (C=O) groups excluding carboxylic acids is 2.